The van der Waals surface area contributed by atoms with Crippen molar-refractivity contribution in [2.75, 3.05) is 49.4 Å². The van der Waals surface area contributed by atoms with Gasteiger partial charge in [0.25, 0.3) is 0 Å². The van der Waals surface area contributed by atoms with Gasteiger partial charge in [-0.2, -0.15) is 0 Å². The monoisotopic (exact) mass is 1300 g/mol. The number of ether oxygens (including phenoxy) is 4. The van der Waals surface area contributed by atoms with Crippen LogP contribution in [0.2, 0.25) is 0 Å². The lowest BCUT2D eigenvalue weighted by Gasteiger charge is -2.31. The highest BCUT2D eigenvalue weighted by Gasteiger charge is 2.39. The molecule has 0 aliphatic rings. The smallest absolute Gasteiger partial charge is 0.306 e. The molecule has 496 valence electrons. The highest BCUT2D eigenvalue weighted by atomic mass is 32.2. The van der Waals surface area contributed by atoms with E-state index < -0.39 is 55.7 Å². The van der Waals surface area contributed by atoms with Crippen LogP contribution in [0, 0.1) is 5.41 Å². The molecule has 12 nitrogen and oxygen atoms in total. The Hall–Kier alpha value is -4.64. The minimum Gasteiger partial charge on any atom is -0.507 e. The summed E-state index contributed by atoms with van der Waals surface area (Å²) in [5.41, 5.74) is 2.02. The van der Waals surface area contributed by atoms with Gasteiger partial charge in [0.1, 0.15) is 54.8 Å². The lowest BCUT2D eigenvalue weighted by atomic mass is 9.79. The molecular formula is C73H108O12S4. The Labute approximate surface area is 551 Å². The Balaban J connectivity index is 1.68. The molecule has 0 aliphatic heterocycles. The fourth-order valence-corrected chi connectivity index (χ4v) is 13.4. The van der Waals surface area contributed by atoms with E-state index in [1.807, 2.05) is 215 Å². The number of hydrogen-bond donors (Lipinski definition) is 4. The van der Waals surface area contributed by atoms with Gasteiger partial charge in [-0.15, -0.1) is 47.0 Å². The highest BCUT2D eigenvalue weighted by molar-refractivity contribution is 8.00. The zero-order chi connectivity index (χ0) is 67.8. The van der Waals surface area contributed by atoms with Gasteiger partial charge in [0, 0.05) is 87.1 Å². The molecule has 4 aromatic carbocycles. The average molecular weight is 1310 g/mol. The third-order valence-corrected chi connectivity index (χ3v) is 19.2. The predicted octanol–water partition coefficient (Wildman–Crippen LogP) is 18.1. The summed E-state index contributed by atoms with van der Waals surface area (Å²) in [6.07, 6.45) is -0.0964. The van der Waals surface area contributed by atoms with Crippen molar-refractivity contribution in [1.82, 2.24) is 0 Å². The van der Waals surface area contributed by atoms with Crippen LogP contribution in [-0.4, -0.2) is 93.7 Å². The topological polar surface area (TPSA) is 186 Å². The molecule has 0 saturated carbocycles. The van der Waals surface area contributed by atoms with E-state index in [-0.39, 0.29) is 92.0 Å². The summed E-state index contributed by atoms with van der Waals surface area (Å²) in [7, 11) is 0. The molecule has 0 heterocycles. The van der Waals surface area contributed by atoms with Crippen LogP contribution in [0.4, 0.5) is 0 Å². The molecule has 16 heteroatoms. The van der Waals surface area contributed by atoms with Crippen molar-refractivity contribution in [3.8, 4) is 23.0 Å². The van der Waals surface area contributed by atoms with Gasteiger partial charge in [0.15, 0.2) is 0 Å². The summed E-state index contributed by atoms with van der Waals surface area (Å²) in [4.78, 5) is 59.4. The lowest BCUT2D eigenvalue weighted by Crippen LogP contribution is -2.44. The van der Waals surface area contributed by atoms with E-state index >= 15 is 0 Å². The number of thioether (sulfide) groups is 4. The SMILES string of the molecule is CC(C)(C)c1cc(SCCC(=O)OCC(COC(=O)CCSc2cc(C(C)(C)C)c(O)c(C(C)(C)C)c2)(COC(=O)CCSc2cc(C(C)(C)C)c(O)c(C(C)(C)C)c2)COC(=O)CCSc2cc(C(C)(C)C)c(O)c(C(C)(C)C)c2)cc(C(C)(C)C)c1O. The van der Waals surface area contributed by atoms with E-state index in [9.17, 15) is 39.6 Å². The Bertz CT molecular complexity index is 2560. The Morgan fingerprint density at radius 1 is 0.281 bits per heavy atom. The number of carbonyl (C=O) groups excluding carboxylic acids is 4. The number of esters is 4. The first-order valence-electron chi connectivity index (χ1n) is 31.1. The molecule has 0 aromatic heterocycles. The van der Waals surface area contributed by atoms with E-state index in [1.54, 1.807) is 0 Å². The molecule has 0 atom stereocenters. The molecule has 0 spiro atoms. The Kier molecular flexibility index (Phi) is 25.9. The van der Waals surface area contributed by atoms with Crippen LogP contribution in [0.1, 0.15) is 236 Å². The van der Waals surface area contributed by atoms with Crippen molar-refractivity contribution in [2.24, 2.45) is 5.41 Å². The first-order valence-corrected chi connectivity index (χ1v) is 35.0. The van der Waals surface area contributed by atoms with E-state index in [4.69, 9.17) is 18.9 Å². The molecule has 0 radical (unpaired) electrons. The first kappa shape index (κ1) is 76.8. The minimum absolute atomic E-state index is 0.0241. The van der Waals surface area contributed by atoms with Gasteiger partial charge >= 0.3 is 23.9 Å². The van der Waals surface area contributed by atoms with E-state index in [0.29, 0.717) is 23.0 Å². The van der Waals surface area contributed by atoms with Gasteiger partial charge in [-0.05, 0) is 91.9 Å². The van der Waals surface area contributed by atoms with Crippen molar-refractivity contribution in [3.63, 3.8) is 0 Å². The van der Waals surface area contributed by atoms with Gasteiger partial charge in [-0.3, -0.25) is 19.2 Å². The fourth-order valence-electron chi connectivity index (χ4n) is 9.82. The van der Waals surface area contributed by atoms with Crippen LogP contribution in [0.5, 0.6) is 23.0 Å². The number of hydrogen-bond acceptors (Lipinski definition) is 16. The molecule has 4 rings (SSSR count). The van der Waals surface area contributed by atoms with Crippen molar-refractivity contribution in [3.05, 3.63) is 93.0 Å². The largest absolute Gasteiger partial charge is 0.507 e. The molecule has 0 fully saturated rings. The molecule has 0 amide bonds. The summed E-state index contributed by atoms with van der Waals surface area (Å²) in [5.74, 6) is 0.0557. The van der Waals surface area contributed by atoms with E-state index in [0.717, 1.165) is 64.1 Å². The summed E-state index contributed by atoms with van der Waals surface area (Å²) >= 11 is 5.84. The van der Waals surface area contributed by atoms with Crippen LogP contribution in [-0.2, 0) is 81.4 Å². The number of rotatable bonds is 24. The molecule has 0 saturated heterocycles. The number of benzene rings is 4. The Morgan fingerprint density at radius 2 is 0.416 bits per heavy atom. The summed E-state index contributed by atoms with van der Waals surface area (Å²) < 4.78 is 24.2. The van der Waals surface area contributed by atoms with Crippen molar-refractivity contribution in [2.45, 2.75) is 255 Å². The van der Waals surface area contributed by atoms with Crippen LogP contribution in [0.15, 0.2) is 68.1 Å². The quantitative estimate of drug-likeness (QED) is 0.0295. The molecule has 4 aromatic rings. The van der Waals surface area contributed by atoms with E-state index in [1.165, 1.54) is 47.0 Å². The zero-order valence-electron chi connectivity index (χ0n) is 58.3. The summed E-state index contributed by atoms with van der Waals surface area (Å²) in [6.45, 7) is 47.3. The molecule has 4 N–H and O–H groups in total. The summed E-state index contributed by atoms with van der Waals surface area (Å²) in [6, 6.07) is 15.7. The first-order chi connectivity index (χ1) is 40.4. The van der Waals surface area contributed by atoms with Gasteiger partial charge in [0.05, 0.1) is 25.7 Å². The minimum atomic E-state index is -1.54. The maximum absolute atomic E-state index is 14.0. The second kappa shape index (κ2) is 30.0. The van der Waals surface area contributed by atoms with Crippen molar-refractivity contribution < 1.29 is 58.6 Å². The van der Waals surface area contributed by atoms with Crippen LogP contribution in [0.25, 0.3) is 0 Å². The van der Waals surface area contributed by atoms with Gasteiger partial charge in [-0.1, -0.05) is 166 Å². The third kappa shape index (κ3) is 22.9. The van der Waals surface area contributed by atoms with Crippen LogP contribution < -0.4 is 0 Å². The van der Waals surface area contributed by atoms with Crippen molar-refractivity contribution in [1.29, 1.82) is 0 Å². The summed E-state index contributed by atoms with van der Waals surface area (Å²) in [5, 5.41) is 45.5. The number of phenolic OH excluding ortho intramolecular Hbond substituents is 4. The molecule has 0 bridgehead atoms. The van der Waals surface area contributed by atoms with Crippen molar-refractivity contribution >= 4 is 70.9 Å². The maximum Gasteiger partial charge on any atom is 0.306 e. The predicted molar refractivity (Wildman–Crippen MR) is 370 cm³/mol. The average Bonchev–Trinajstić information content (AvgIpc) is 1.04. The van der Waals surface area contributed by atoms with Gasteiger partial charge < -0.3 is 39.4 Å². The Morgan fingerprint density at radius 3 is 0.539 bits per heavy atom. The number of aromatic hydroxyl groups is 4. The van der Waals surface area contributed by atoms with Gasteiger partial charge in [0.2, 0.25) is 0 Å². The normalized spacial score (nSPS) is 13.1. The molecular weight excluding hydrogens is 1200 g/mol. The maximum atomic E-state index is 14.0. The second-order valence-corrected chi connectivity index (χ2v) is 36.7. The fraction of sp³-hybridized carbons (Fsp3) is 0.616. The second-order valence-electron chi connectivity index (χ2n) is 32.0. The number of phenols is 4. The molecule has 89 heavy (non-hydrogen) atoms. The number of carbonyl (C=O) groups is 4. The third-order valence-electron chi connectivity index (χ3n) is 15.3. The van der Waals surface area contributed by atoms with Crippen LogP contribution in [0.3, 0.4) is 0 Å². The molecule has 0 aliphatic carbocycles. The standard InChI is InChI=1S/C73H108O12S4/c1-65(2,3)49-33-45(34-50(61(49)78)66(4,5)6)86-29-25-57(74)82-41-73(42-83-58(75)26-30-87-46-35-51(67(7,8)9)62(79)52(36-46)68(10,11)12,43-84-59(76)27-31-88-47-37-53(69(13,14)15)63(80)54(38-47)70(16,17)18)44-85-60(77)28-32-89-48-39-55(71(19,20)21)64(81)56(40-48)72(22,23)24/h33-40,78-81H,25-32,41-44H2,1-24H3. The molecule has 0 unspecified atom stereocenters. The highest BCUT2D eigenvalue weighted by Crippen LogP contribution is 2.46. The van der Waals surface area contributed by atoms with Gasteiger partial charge in [-0.25, -0.2) is 0 Å². The van der Waals surface area contributed by atoms with Crippen LogP contribution >= 0.6 is 47.0 Å². The zero-order valence-corrected chi connectivity index (χ0v) is 61.6. The lowest BCUT2D eigenvalue weighted by molar-refractivity contribution is -0.170. The van der Waals surface area contributed by atoms with E-state index in [2.05, 4.69) is 0 Å².